The third-order valence-electron chi connectivity index (χ3n) is 2.59. The molecule has 8 nitrogen and oxygen atoms in total. The molecule has 0 radical (unpaired) electrons. The van der Waals surface area contributed by atoms with Gasteiger partial charge in [0.1, 0.15) is 5.25 Å². The molecule has 2 N–H and O–H groups in total. The zero-order valence-corrected chi connectivity index (χ0v) is 19.0. The smallest absolute Gasteiger partial charge is 0.550 e. The minimum absolute atomic E-state index is 0. The first kappa shape index (κ1) is 31.6. The van der Waals surface area contributed by atoms with Crippen molar-refractivity contribution < 1.29 is 97.0 Å². The maximum absolute atomic E-state index is 10.2. The van der Waals surface area contributed by atoms with E-state index in [4.69, 9.17) is 9.66 Å². The van der Waals surface area contributed by atoms with Crippen molar-refractivity contribution in [2.45, 2.75) is 63.7 Å². The quantitative estimate of drug-likeness (QED) is 0.230. The van der Waals surface area contributed by atoms with Crippen molar-refractivity contribution in [2.24, 2.45) is 0 Å². The molecule has 2 unspecified atom stereocenters. The Morgan fingerprint density at radius 1 is 1.09 bits per heavy atom. The van der Waals surface area contributed by atoms with Crippen molar-refractivity contribution in [3.63, 3.8) is 0 Å². The van der Waals surface area contributed by atoms with E-state index in [2.05, 4.69) is 6.92 Å². The third kappa shape index (κ3) is 20.8. The summed E-state index contributed by atoms with van der Waals surface area (Å²) in [5.74, 6) is -4.08. The molecule has 0 amide bonds. The van der Waals surface area contributed by atoms with Crippen LogP contribution in [0.1, 0.15) is 52.4 Å². The summed E-state index contributed by atoms with van der Waals surface area (Å²) >= 11 is 0. The van der Waals surface area contributed by atoms with Crippen LogP contribution < -0.4 is 69.3 Å². The Kier molecular flexibility index (Phi) is 24.2. The van der Waals surface area contributed by atoms with Gasteiger partial charge in [0.15, 0.2) is 0 Å². The Labute approximate surface area is 181 Å². The van der Waals surface area contributed by atoms with Crippen molar-refractivity contribution in [3.05, 3.63) is 0 Å². The number of aliphatic hydroxyl groups is 1. The molecule has 126 valence electrons. The summed E-state index contributed by atoms with van der Waals surface area (Å²) in [6, 6.07) is 0. The van der Waals surface area contributed by atoms with Crippen LogP contribution in [0, 0.1) is 0 Å². The molecular weight excluding hydrogens is 350 g/mol. The van der Waals surface area contributed by atoms with Crippen LogP contribution in [0.2, 0.25) is 0 Å². The Morgan fingerprint density at radius 3 is 1.78 bits per heavy atom. The predicted molar refractivity (Wildman–Crippen MR) is 70.4 cm³/mol. The van der Waals surface area contributed by atoms with Gasteiger partial charge in [0, 0.05) is 12.4 Å². The van der Waals surface area contributed by atoms with Gasteiger partial charge < -0.3 is 24.9 Å². The summed E-state index contributed by atoms with van der Waals surface area (Å²) in [4.78, 5) is 19.7. The van der Waals surface area contributed by atoms with Crippen LogP contribution in [0.15, 0.2) is 0 Å². The van der Waals surface area contributed by atoms with Crippen LogP contribution in [0.25, 0.3) is 0 Å². The average Bonchev–Trinajstić information content (AvgIpc) is 2.35. The molecule has 0 aromatic rings. The summed E-state index contributed by atoms with van der Waals surface area (Å²) in [6.07, 6.45) is 4.21. The number of unbranched alkanes of at least 4 members (excludes halogenated alkanes) is 2. The molecule has 0 fully saturated rings. The fourth-order valence-electron chi connectivity index (χ4n) is 1.30. The number of carbonyl (C=O) groups excluding carboxylic acids is 2. The second-order valence-electron chi connectivity index (χ2n) is 4.46. The van der Waals surface area contributed by atoms with Gasteiger partial charge in [-0.05, 0) is 12.8 Å². The number of aliphatic hydroxyl groups excluding tert-OH is 1. The third-order valence-corrected chi connectivity index (χ3v) is 3.66. The van der Waals surface area contributed by atoms with Gasteiger partial charge in [0.2, 0.25) is 0 Å². The Bertz CT molecular complexity index is 413. The monoisotopic (exact) mass is 372 g/mol. The standard InChI is InChI=1S/C8H18O.C4H6O7S.2Na/c1-3-5-6-7-8(9)4-2;5-3(6)1-2(4(7)8)12(9,10)11;;/h8-9H,3-7H2,1-2H3;2H,1H2,(H,5,6)(H,7,8)(H,9,10,11);;/q;;2*+1/p-2. The predicted octanol–water partition coefficient (Wildman–Crippen LogP) is -7.52. The fourth-order valence-corrected chi connectivity index (χ4v) is 1.89. The van der Waals surface area contributed by atoms with E-state index < -0.39 is 33.7 Å². The van der Waals surface area contributed by atoms with E-state index in [1.165, 1.54) is 19.3 Å². The number of carbonyl (C=O) groups is 2. The van der Waals surface area contributed by atoms with Gasteiger partial charge in [-0.2, -0.15) is 8.42 Å². The van der Waals surface area contributed by atoms with Gasteiger partial charge in [0.05, 0.1) is 12.1 Å². The molecule has 0 saturated heterocycles. The first-order valence-corrected chi connectivity index (χ1v) is 8.11. The topological polar surface area (TPSA) is 155 Å². The molecule has 0 rings (SSSR count). The molecule has 0 spiro atoms. The minimum Gasteiger partial charge on any atom is -0.550 e. The first-order chi connectivity index (χ1) is 9.56. The van der Waals surface area contributed by atoms with Crippen molar-refractivity contribution in [2.75, 3.05) is 0 Å². The number of hydrogen-bond acceptors (Lipinski definition) is 7. The number of carboxylic acid groups (broad SMARTS) is 2. The molecule has 11 heteroatoms. The van der Waals surface area contributed by atoms with Gasteiger partial charge in [-0.3, -0.25) is 4.55 Å². The van der Waals surface area contributed by atoms with E-state index in [9.17, 15) is 28.2 Å². The second kappa shape index (κ2) is 17.6. The molecule has 23 heavy (non-hydrogen) atoms. The summed E-state index contributed by atoms with van der Waals surface area (Å²) in [5, 5.41) is 26.3. The molecule has 0 aliphatic heterocycles. The van der Waals surface area contributed by atoms with Crippen molar-refractivity contribution in [1.29, 1.82) is 0 Å². The number of rotatable bonds is 9. The van der Waals surface area contributed by atoms with Crippen LogP contribution in [0.5, 0.6) is 0 Å². The van der Waals surface area contributed by atoms with Crippen LogP contribution in [0.3, 0.4) is 0 Å². The Balaban J connectivity index is -0.000000149. The average molecular weight is 372 g/mol. The first-order valence-electron chi connectivity index (χ1n) is 6.61. The molecule has 0 aromatic heterocycles. The van der Waals surface area contributed by atoms with E-state index in [0.717, 1.165) is 12.8 Å². The largest absolute Gasteiger partial charge is 1.00 e. The summed E-state index contributed by atoms with van der Waals surface area (Å²) < 4.78 is 28.5. The van der Waals surface area contributed by atoms with Crippen molar-refractivity contribution in [3.8, 4) is 0 Å². The number of hydrogen-bond donors (Lipinski definition) is 2. The summed E-state index contributed by atoms with van der Waals surface area (Å²) in [6.45, 7) is 4.20. The summed E-state index contributed by atoms with van der Waals surface area (Å²) in [5.41, 5.74) is 0. The van der Waals surface area contributed by atoms with E-state index in [1.807, 2.05) is 6.92 Å². The Hall–Kier alpha value is 0.810. The minimum atomic E-state index is -4.94. The molecule has 0 saturated carbocycles. The van der Waals surface area contributed by atoms with Crippen molar-refractivity contribution in [1.82, 2.24) is 0 Å². The summed E-state index contributed by atoms with van der Waals surface area (Å²) in [7, 11) is -4.94. The molecule has 0 heterocycles. The van der Waals surface area contributed by atoms with E-state index in [1.54, 1.807) is 0 Å². The van der Waals surface area contributed by atoms with E-state index in [-0.39, 0.29) is 65.2 Å². The van der Waals surface area contributed by atoms with Crippen LogP contribution in [-0.2, 0) is 19.7 Å². The molecule has 2 atom stereocenters. The fraction of sp³-hybridized carbons (Fsp3) is 0.833. The maximum Gasteiger partial charge on any atom is 1.00 e. The molecule has 0 aliphatic carbocycles. The van der Waals surface area contributed by atoms with Gasteiger partial charge >= 0.3 is 59.1 Å². The molecule has 0 aliphatic rings. The number of carboxylic acids is 2. The zero-order chi connectivity index (χ0) is 17.1. The maximum atomic E-state index is 10.2. The Morgan fingerprint density at radius 2 is 1.57 bits per heavy atom. The van der Waals surface area contributed by atoms with Gasteiger partial charge in [-0.1, -0.05) is 33.1 Å². The molecule has 0 aromatic carbocycles. The van der Waals surface area contributed by atoms with Gasteiger partial charge in [0.25, 0.3) is 10.1 Å². The zero-order valence-electron chi connectivity index (χ0n) is 14.1. The number of aliphatic carboxylic acids is 2. The van der Waals surface area contributed by atoms with E-state index in [0.29, 0.717) is 0 Å². The SMILES string of the molecule is CCCCCC(O)CC.O=C([O-])CC(C(=O)[O-])S(=O)(=O)O.[Na+].[Na+]. The van der Waals surface area contributed by atoms with Gasteiger partial charge in [-0.15, -0.1) is 0 Å². The van der Waals surface area contributed by atoms with Crippen LogP contribution >= 0.6 is 0 Å². The van der Waals surface area contributed by atoms with Gasteiger partial charge in [-0.25, -0.2) is 0 Å². The van der Waals surface area contributed by atoms with Crippen molar-refractivity contribution >= 4 is 22.1 Å². The van der Waals surface area contributed by atoms with Crippen LogP contribution in [0.4, 0.5) is 0 Å². The van der Waals surface area contributed by atoms with E-state index >= 15 is 0 Å². The molecule has 0 bridgehead atoms. The normalized spacial score (nSPS) is 12.5. The second-order valence-corrected chi connectivity index (χ2v) is 6.06. The van der Waals surface area contributed by atoms with Crippen LogP contribution in [-0.4, -0.2) is 41.4 Å². The molecular formula is C12H22Na2O8S.